The monoisotopic (exact) mass is 316 g/mol. The number of rotatable bonds is 3. The van der Waals surface area contributed by atoms with E-state index in [1.54, 1.807) is 6.92 Å². The van der Waals surface area contributed by atoms with Crippen molar-refractivity contribution in [3.05, 3.63) is 29.8 Å². The molecule has 0 fully saturated rings. The Morgan fingerprint density at radius 3 is 2.45 bits per heavy atom. The summed E-state index contributed by atoms with van der Waals surface area (Å²) in [4.78, 5) is 12.2. The van der Waals surface area contributed by atoms with Crippen LogP contribution in [-0.2, 0) is 0 Å². The molecule has 120 valence electrons. The minimum Gasteiger partial charge on any atom is -0.508 e. The van der Waals surface area contributed by atoms with E-state index in [2.05, 4.69) is 5.10 Å². The molecule has 1 atom stereocenters. The number of hydrogen-bond donors (Lipinski definition) is 2. The quantitative estimate of drug-likeness (QED) is 0.900. The molecule has 0 aromatic heterocycles. The first kappa shape index (κ1) is 16.3. The van der Waals surface area contributed by atoms with Crippen LogP contribution in [0, 0.1) is 0 Å². The van der Waals surface area contributed by atoms with Crippen LogP contribution in [0.3, 0.4) is 0 Å². The number of phenolic OH excluding ortho intramolecular Hbond substituents is 1. The van der Waals surface area contributed by atoms with Gasteiger partial charge in [-0.25, -0.2) is 0 Å². The van der Waals surface area contributed by atoms with Crippen LogP contribution in [0.15, 0.2) is 29.4 Å². The van der Waals surface area contributed by atoms with Gasteiger partial charge in [0.1, 0.15) is 5.75 Å². The average Bonchev–Trinajstić information content (AvgIpc) is 2.77. The minimum absolute atomic E-state index is 0.0877. The third-order valence-electron chi connectivity index (χ3n) is 3.34. The van der Waals surface area contributed by atoms with Gasteiger partial charge in [0.25, 0.3) is 11.6 Å². The predicted octanol–water partition coefficient (Wildman–Crippen LogP) is 2.65. The smallest absolute Gasteiger partial charge is 0.438 e. The van der Waals surface area contributed by atoms with Crippen LogP contribution in [0.25, 0.3) is 0 Å². The molecular formula is C14H15F3N2O3. The highest BCUT2D eigenvalue weighted by molar-refractivity contribution is 5.98. The van der Waals surface area contributed by atoms with Crippen molar-refractivity contribution in [1.82, 2.24) is 5.01 Å². The summed E-state index contributed by atoms with van der Waals surface area (Å²) in [6.45, 7) is 1.76. The van der Waals surface area contributed by atoms with Crippen LogP contribution in [0.2, 0.25) is 0 Å². The van der Waals surface area contributed by atoms with Crippen molar-refractivity contribution in [2.75, 3.05) is 0 Å². The highest BCUT2D eigenvalue weighted by Crippen LogP contribution is 2.41. The van der Waals surface area contributed by atoms with Gasteiger partial charge in [-0.2, -0.15) is 23.3 Å². The molecule has 1 aliphatic rings. The molecule has 1 aliphatic heterocycles. The van der Waals surface area contributed by atoms with Crippen molar-refractivity contribution in [2.45, 2.75) is 38.1 Å². The highest BCUT2D eigenvalue weighted by atomic mass is 19.4. The number of amides is 1. The van der Waals surface area contributed by atoms with E-state index in [9.17, 15) is 23.1 Å². The molecule has 1 heterocycles. The summed E-state index contributed by atoms with van der Waals surface area (Å²) in [6, 6.07) is 4.68. The molecule has 5 nitrogen and oxygen atoms in total. The van der Waals surface area contributed by atoms with Crippen molar-refractivity contribution in [3.63, 3.8) is 0 Å². The summed E-state index contributed by atoms with van der Waals surface area (Å²) >= 11 is 0. The fourth-order valence-corrected chi connectivity index (χ4v) is 2.21. The molecule has 1 unspecified atom stereocenters. The molecule has 0 radical (unpaired) electrons. The van der Waals surface area contributed by atoms with Gasteiger partial charge < -0.3 is 10.2 Å². The number of alkyl halides is 3. The zero-order valence-electron chi connectivity index (χ0n) is 11.8. The first-order chi connectivity index (χ1) is 10.2. The fraction of sp³-hybridized carbons (Fsp3) is 0.429. The molecule has 8 heteroatoms. The van der Waals surface area contributed by atoms with Crippen molar-refractivity contribution in [3.8, 4) is 5.75 Å². The number of halogens is 3. The first-order valence-electron chi connectivity index (χ1n) is 6.68. The molecule has 2 rings (SSSR count). The SMILES string of the molecule is CCCC1=NN(C(=O)c2ccc(O)cc2)C(O)(C(F)(F)F)C1. The number of aromatic hydroxyl groups is 1. The maximum atomic E-state index is 13.2. The Bertz CT molecular complexity index is 598. The summed E-state index contributed by atoms with van der Waals surface area (Å²) in [6.07, 6.45) is -4.97. The lowest BCUT2D eigenvalue weighted by Gasteiger charge is -2.32. The molecule has 0 saturated carbocycles. The Morgan fingerprint density at radius 2 is 1.95 bits per heavy atom. The molecule has 0 spiro atoms. The highest BCUT2D eigenvalue weighted by Gasteiger charge is 2.63. The lowest BCUT2D eigenvalue weighted by atomic mass is 10.0. The van der Waals surface area contributed by atoms with E-state index in [0.29, 0.717) is 6.42 Å². The Morgan fingerprint density at radius 1 is 1.36 bits per heavy atom. The summed E-state index contributed by atoms with van der Waals surface area (Å²) in [5.74, 6) is -1.20. The molecule has 0 aliphatic carbocycles. The van der Waals surface area contributed by atoms with Gasteiger partial charge in [-0.15, -0.1) is 0 Å². The van der Waals surface area contributed by atoms with Gasteiger partial charge in [-0.1, -0.05) is 13.3 Å². The zero-order valence-corrected chi connectivity index (χ0v) is 11.8. The van der Waals surface area contributed by atoms with Gasteiger partial charge in [0, 0.05) is 17.7 Å². The van der Waals surface area contributed by atoms with Crippen LogP contribution in [0.5, 0.6) is 5.75 Å². The van der Waals surface area contributed by atoms with E-state index in [0.717, 1.165) is 0 Å². The van der Waals surface area contributed by atoms with Crippen molar-refractivity contribution >= 4 is 11.6 Å². The zero-order chi connectivity index (χ0) is 16.5. The lowest BCUT2D eigenvalue weighted by molar-refractivity contribution is -0.297. The van der Waals surface area contributed by atoms with E-state index < -0.39 is 24.2 Å². The maximum Gasteiger partial charge on any atom is 0.438 e. The standard InChI is InChI=1S/C14H15F3N2O3/c1-2-3-10-8-13(22,14(15,16)17)19(18-10)12(21)9-4-6-11(20)7-5-9/h4-7,20,22H,2-3,8H2,1H3. The topological polar surface area (TPSA) is 73.1 Å². The van der Waals surface area contributed by atoms with E-state index in [1.807, 2.05) is 0 Å². The Kier molecular flexibility index (Phi) is 4.15. The minimum atomic E-state index is -5.03. The van der Waals surface area contributed by atoms with E-state index in [1.165, 1.54) is 24.3 Å². The van der Waals surface area contributed by atoms with Crippen molar-refractivity contribution in [1.29, 1.82) is 0 Å². The molecule has 1 aromatic rings. The molecule has 0 saturated heterocycles. The van der Waals surface area contributed by atoms with E-state index in [-0.39, 0.29) is 28.5 Å². The largest absolute Gasteiger partial charge is 0.508 e. The second-order valence-electron chi connectivity index (χ2n) is 5.07. The summed E-state index contributed by atoms with van der Waals surface area (Å²) in [5, 5.41) is 22.9. The number of phenols is 1. The normalized spacial score (nSPS) is 21.9. The van der Waals surface area contributed by atoms with E-state index in [4.69, 9.17) is 5.11 Å². The summed E-state index contributed by atoms with van der Waals surface area (Å²) in [7, 11) is 0. The molecule has 22 heavy (non-hydrogen) atoms. The third kappa shape index (κ3) is 2.78. The lowest BCUT2D eigenvalue weighted by Crippen LogP contribution is -2.56. The van der Waals surface area contributed by atoms with Crippen LogP contribution in [-0.4, -0.2) is 38.7 Å². The predicted molar refractivity (Wildman–Crippen MR) is 72.2 cm³/mol. The molecule has 2 N–H and O–H groups in total. The summed E-state index contributed by atoms with van der Waals surface area (Å²) in [5.41, 5.74) is -3.33. The van der Waals surface area contributed by atoms with Gasteiger partial charge in [0.15, 0.2) is 0 Å². The first-order valence-corrected chi connectivity index (χ1v) is 6.68. The van der Waals surface area contributed by atoms with Crippen molar-refractivity contribution < 1.29 is 28.2 Å². The van der Waals surface area contributed by atoms with Crippen LogP contribution in [0.4, 0.5) is 13.2 Å². The number of hydrogen-bond acceptors (Lipinski definition) is 4. The number of carbonyl (C=O) groups excluding carboxylic acids is 1. The fourth-order valence-electron chi connectivity index (χ4n) is 2.21. The van der Waals surface area contributed by atoms with E-state index >= 15 is 0 Å². The number of nitrogens with zero attached hydrogens (tertiary/aromatic N) is 2. The second kappa shape index (κ2) is 5.60. The number of benzene rings is 1. The molecule has 1 aromatic carbocycles. The Balaban J connectivity index is 2.39. The Hall–Kier alpha value is -2.09. The number of aliphatic hydroxyl groups is 1. The van der Waals surface area contributed by atoms with Crippen LogP contribution >= 0.6 is 0 Å². The Labute approximate surface area is 124 Å². The maximum absolute atomic E-state index is 13.2. The van der Waals surface area contributed by atoms with Gasteiger partial charge in [0.2, 0.25) is 0 Å². The van der Waals surface area contributed by atoms with Crippen LogP contribution in [0.1, 0.15) is 36.5 Å². The van der Waals surface area contributed by atoms with Crippen molar-refractivity contribution in [2.24, 2.45) is 5.10 Å². The third-order valence-corrected chi connectivity index (χ3v) is 3.34. The van der Waals surface area contributed by atoms with Gasteiger partial charge in [0.05, 0.1) is 0 Å². The van der Waals surface area contributed by atoms with Crippen LogP contribution < -0.4 is 0 Å². The van der Waals surface area contributed by atoms with Gasteiger partial charge in [-0.3, -0.25) is 4.79 Å². The summed E-state index contributed by atoms with van der Waals surface area (Å²) < 4.78 is 39.6. The van der Waals surface area contributed by atoms with Gasteiger partial charge in [-0.05, 0) is 30.7 Å². The number of carbonyl (C=O) groups is 1. The van der Waals surface area contributed by atoms with Gasteiger partial charge >= 0.3 is 6.18 Å². The average molecular weight is 316 g/mol. The molecule has 0 bridgehead atoms. The molecular weight excluding hydrogens is 301 g/mol. The second-order valence-corrected chi connectivity index (χ2v) is 5.07. The molecule has 1 amide bonds. The number of hydrazone groups is 1.